The average molecular weight is 493 g/mol. The summed E-state index contributed by atoms with van der Waals surface area (Å²) < 4.78 is 5.88. The van der Waals surface area contributed by atoms with E-state index in [1.165, 1.54) is 11.3 Å². The number of pyridine rings is 1. The summed E-state index contributed by atoms with van der Waals surface area (Å²) >= 11 is 0. The van der Waals surface area contributed by atoms with Gasteiger partial charge in [-0.2, -0.15) is 0 Å². The van der Waals surface area contributed by atoms with E-state index in [0.29, 0.717) is 24.1 Å². The predicted octanol–water partition coefficient (Wildman–Crippen LogP) is 3.77. The minimum absolute atomic E-state index is 0.0639. The van der Waals surface area contributed by atoms with Crippen molar-refractivity contribution < 1.29 is 19.1 Å². The van der Waals surface area contributed by atoms with Crippen LogP contribution in [-0.2, 0) is 9.53 Å². The van der Waals surface area contributed by atoms with E-state index in [0.717, 1.165) is 57.7 Å². The molecule has 1 aromatic carbocycles. The van der Waals surface area contributed by atoms with Crippen molar-refractivity contribution in [3.05, 3.63) is 59.8 Å². The highest BCUT2D eigenvalue weighted by molar-refractivity contribution is 6.21. The molecule has 2 amide bonds. The van der Waals surface area contributed by atoms with Crippen LogP contribution in [0.1, 0.15) is 66.2 Å². The first-order chi connectivity index (χ1) is 17.6. The maximum Gasteiger partial charge on any atom is 0.306 e. The first kappa shape index (κ1) is 25.8. The number of rotatable bonds is 12. The lowest BCUT2D eigenvalue weighted by molar-refractivity contribution is -0.150. The fourth-order valence-electron chi connectivity index (χ4n) is 4.85. The van der Waals surface area contributed by atoms with E-state index in [4.69, 9.17) is 4.74 Å². The fourth-order valence-corrected chi connectivity index (χ4v) is 4.85. The molecule has 0 saturated carbocycles. The van der Waals surface area contributed by atoms with Crippen molar-refractivity contribution in [1.82, 2.24) is 14.8 Å². The summed E-state index contributed by atoms with van der Waals surface area (Å²) in [5, 5.41) is 0. The van der Waals surface area contributed by atoms with Crippen molar-refractivity contribution >= 4 is 23.6 Å². The first-order valence-electron chi connectivity index (χ1n) is 13.1. The van der Waals surface area contributed by atoms with Crippen LogP contribution in [0.3, 0.4) is 0 Å². The van der Waals surface area contributed by atoms with Gasteiger partial charge >= 0.3 is 5.97 Å². The Morgan fingerprint density at radius 2 is 1.56 bits per heavy atom. The zero-order valence-corrected chi connectivity index (χ0v) is 21.1. The molecular weight excluding hydrogens is 456 g/mol. The quantitative estimate of drug-likeness (QED) is 0.253. The topological polar surface area (TPSA) is 83.1 Å². The number of benzene rings is 1. The zero-order valence-electron chi connectivity index (χ0n) is 21.1. The number of unbranched alkanes of at least 4 members (excludes halogenated alkanes) is 4. The molecule has 1 aromatic heterocycles. The van der Waals surface area contributed by atoms with Crippen LogP contribution in [-0.4, -0.2) is 77.9 Å². The normalized spacial score (nSPS) is 16.8. The summed E-state index contributed by atoms with van der Waals surface area (Å²) in [6.45, 7) is 5.88. The van der Waals surface area contributed by atoms with E-state index in [-0.39, 0.29) is 24.3 Å². The van der Waals surface area contributed by atoms with Gasteiger partial charge in [0.25, 0.3) is 11.8 Å². The third-order valence-corrected chi connectivity index (χ3v) is 6.85. The van der Waals surface area contributed by atoms with Crippen LogP contribution in [0.15, 0.2) is 48.7 Å². The molecule has 0 radical (unpaired) electrons. The maximum atomic E-state index is 12.9. The molecule has 4 rings (SSSR count). The number of anilines is 1. The highest BCUT2D eigenvalue weighted by atomic mass is 16.5. The first-order valence-corrected chi connectivity index (χ1v) is 13.1. The van der Waals surface area contributed by atoms with Gasteiger partial charge in [-0.3, -0.25) is 24.2 Å². The van der Waals surface area contributed by atoms with Crippen LogP contribution in [0.25, 0.3) is 0 Å². The molecule has 2 aliphatic heterocycles. The second-order valence-corrected chi connectivity index (χ2v) is 9.52. The van der Waals surface area contributed by atoms with Crippen LogP contribution < -0.4 is 4.90 Å². The van der Waals surface area contributed by atoms with E-state index < -0.39 is 6.10 Å². The molecule has 36 heavy (non-hydrogen) atoms. The highest BCUT2D eigenvalue weighted by Gasteiger charge is 2.37. The number of imide groups is 1. The molecule has 2 aliphatic rings. The molecule has 3 heterocycles. The lowest BCUT2D eigenvalue weighted by Gasteiger charge is -2.37. The summed E-state index contributed by atoms with van der Waals surface area (Å²) in [4.78, 5) is 48.7. The number of piperazine rings is 1. The van der Waals surface area contributed by atoms with Crippen LogP contribution in [0.5, 0.6) is 0 Å². The molecule has 192 valence electrons. The van der Waals surface area contributed by atoms with Gasteiger partial charge in [-0.25, -0.2) is 4.98 Å². The van der Waals surface area contributed by atoms with Gasteiger partial charge < -0.3 is 9.64 Å². The smallest absolute Gasteiger partial charge is 0.306 e. The number of carbonyl (C=O) groups excluding carboxylic acids is 3. The van der Waals surface area contributed by atoms with E-state index >= 15 is 0 Å². The number of aromatic nitrogens is 1. The Bertz CT molecular complexity index is 1000. The molecule has 0 bridgehead atoms. The van der Waals surface area contributed by atoms with Crippen LogP contribution in [0.2, 0.25) is 0 Å². The summed E-state index contributed by atoms with van der Waals surface area (Å²) in [5.41, 5.74) is 0.819. The van der Waals surface area contributed by atoms with Gasteiger partial charge in [-0.15, -0.1) is 0 Å². The Balaban J connectivity index is 1.37. The van der Waals surface area contributed by atoms with Crippen molar-refractivity contribution in [2.75, 3.05) is 44.2 Å². The Labute approximate surface area is 213 Å². The number of hydrogen-bond acceptors (Lipinski definition) is 7. The lowest BCUT2D eigenvalue weighted by atomic mass is 10.1. The van der Waals surface area contributed by atoms with E-state index in [1.807, 2.05) is 18.2 Å². The standard InChI is InChI=1S/C28H36N4O4/c1-2-3-4-5-6-14-26(33)36-22(21-32-27(34)23-11-7-8-12-24(23)28(32)35)20-30-16-18-31(19-17-30)25-13-9-10-15-29-25/h7-13,15,22H,2-6,14,16-21H2,1H3. The van der Waals surface area contributed by atoms with Crippen LogP contribution in [0.4, 0.5) is 5.82 Å². The maximum absolute atomic E-state index is 12.9. The molecule has 0 spiro atoms. The molecule has 1 unspecified atom stereocenters. The minimum Gasteiger partial charge on any atom is -0.459 e. The van der Waals surface area contributed by atoms with Crippen LogP contribution >= 0.6 is 0 Å². The highest BCUT2D eigenvalue weighted by Crippen LogP contribution is 2.23. The number of amides is 2. The van der Waals surface area contributed by atoms with E-state index in [2.05, 4.69) is 21.7 Å². The largest absolute Gasteiger partial charge is 0.459 e. The summed E-state index contributed by atoms with van der Waals surface area (Å²) in [6.07, 6.45) is 6.81. The molecule has 0 aliphatic carbocycles. The van der Waals surface area contributed by atoms with Gasteiger partial charge in [0.05, 0.1) is 17.7 Å². The van der Waals surface area contributed by atoms with Gasteiger partial charge in [-0.05, 0) is 30.7 Å². The van der Waals surface area contributed by atoms with Gasteiger partial charge in [-0.1, -0.05) is 50.8 Å². The Morgan fingerprint density at radius 1 is 0.889 bits per heavy atom. The third-order valence-electron chi connectivity index (χ3n) is 6.85. The molecule has 2 aromatic rings. The monoisotopic (exact) mass is 492 g/mol. The molecule has 8 heteroatoms. The Hall–Kier alpha value is -3.26. The molecule has 0 N–H and O–H groups in total. The number of carbonyl (C=O) groups is 3. The number of hydrogen-bond donors (Lipinski definition) is 0. The summed E-state index contributed by atoms with van der Waals surface area (Å²) in [7, 11) is 0. The Kier molecular flexibility index (Phi) is 9.06. The number of nitrogens with zero attached hydrogens (tertiary/aromatic N) is 4. The fraction of sp³-hybridized carbons (Fsp3) is 0.500. The third kappa shape index (κ3) is 6.49. The van der Waals surface area contributed by atoms with Crippen molar-refractivity contribution in [3.63, 3.8) is 0 Å². The molecular formula is C28H36N4O4. The van der Waals surface area contributed by atoms with E-state index in [9.17, 15) is 14.4 Å². The second-order valence-electron chi connectivity index (χ2n) is 9.52. The van der Waals surface area contributed by atoms with Crippen molar-refractivity contribution in [1.29, 1.82) is 0 Å². The molecule has 1 atom stereocenters. The number of fused-ring (bicyclic) bond motifs is 1. The summed E-state index contributed by atoms with van der Waals surface area (Å²) in [5.74, 6) is 0.0434. The average Bonchev–Trinajstić information content (AvgIpc) is 3.14. The van der Waals surface area contributed by atoms with Crippen molar-refractivity contribution in [3.8, 4) is 0 Å². The van der Waals surface area contributed by atoms with Crippen molar-refractivity contribution in [2.45, 2.75) is 51.6 Å². The molecule has 8 nitrogen and oxygen atoms in total. The Morgan fingerprint density at radius 3 is 2.19 bits per heavy atom. The predicted molar refractivity (Wildman–Crippen MR) is 138 cm³/mol. The molecule has 1 fully saturated rings. The van der Waals surface area contributed by atoms with Crippen LogP contribution in [0, 0.1) is 0 Å². The van der Waals surface area contributed by atoms with Crippen molar-refractivity contribution in [2.24, 2.45) is 0 Å². The van der Waals surface area contributed by atoms with Gasteiger partial charge in [0.1, 0.15) is 11.9 Å². The number of esters is 1. The summed E-state index contributed by atoms with van der Waals surface area (Å²) in [6, 6.07) is 12.7. The number of ether oxygens (including phenoxy) is 1. The van der Waals surface area contributed by atoms with Gasteiger partial charge in [0.15, 0.2) is 0 Å². The van der Waals surface area contributed by atoms with Gasteiger partial charge in [0, 0.05) is 45.3 Å². The SMILES string of the molecule is CCCCCCCC(=O)OC(CN1CCN(c2ccccn2)CC1)CN1C(=O)c2ccccc2C1=O. The minimum atomic E-state index is -0.572. The van der Waals surface area contributed by atoms with E-state index in [1.54, 1.807) is 30.5 Å². The second kappa shape index (κ2) is 12.6. The molecule has 1 saturated heterocycles. The lowest BCUT2D eigenvalue weighted by Crippen LogP contribution is -2.51. The van der Waals surface area contributed by atoms with Gasteiger partial charge in [0.2, 0.25) is 0 Å². The zero-order chi connectivity index (χ0) is 25.3.